The predicted octanol–water partition coefficient (Wildman–Crippen LogP) is 2.74. The van der Waals surface area contributed by atoms with Crippen molar-refractivity contribution in [2.75, 3.05) is 20.0 Å². The van der Waals surface area contributed by atoms with Crippen molar-refractivity contribution in [3.8, 4) is 0 Å². The third kappa shape index (κ3) is 3.01. The van der Waals surface area contributed by atoms with Crippen LogP contribution in [0.1, 0.15) is 46.0 Å². The zero-order valence-corrected chi connectivity index (χ0v) is 16.9. The second kappa shape index (κ2) is 7.30. The number of nitrogens with one attached hydrogen (secondary N) is 1. The zero-order chi connectivity index (χ0) is 19.9. The van der Waals surface area contributed by atoms with Gasteiger partial charge in [-0.1, -0.05) is 32.1 Å². The van der Waals surface area contributed by atoms with Crippen molar-refractivity contribution in [2.24, 2.45) is 22.7 Å². The van der Waals surface area contributed by atoms with Gasteiger partial charge in [0, 0.05) is 5.41 Å². The Balaban J connectivity index is 1.60. The molecule has 4 aliphatic rings. The first kappa shape index (κ1) is 19.6. The van der Waals surface area contributed by atoms with Crippen LogP contribution in [0.25, 0.3) is 0 Å². The first-order valence-corrected chi connectivity index (χ1v) is 10.3. The molecule has 0 aromatic carbocycles. The number of hydrogen-bond donors (Lipinski definition) is 1. The molecule has 6 heteroatoms. The number of amides is 1. The van der Waals surface area contributed by atoms with Crippen molar-refractivity contribution < 1.29 is 23.8 Å². The number of hydrogen-bond acceptors (Lipinski definition) is 5. The van der Waals surface area contributed by atoms with Crippen molar-refractivity contribution >= 4 is 12.4 Å². The zero-order valence-electron chi connectivity index (χ0n) is 16.9. The van der Waals surface area contributed by atoms with Crippen molar-refractivity contribution in [1.82, 2.24) is 5.32 Å². The van der Waals surface area contributed by atoms with Gasteiger partial charge < -0.3 is 19.5 Å². The molecule has 2 saturated carbocycles. The molecule has 2 aliphatic heterocycles. The molecule has 154 valence electrons. The minimum absolute atomic E-state index is 0.0191. The minimum Gasteiger partial charge on any atom is -0.460 e. The quantitative estimate of drug-likeness (QED) is 0.346. The summed E-state index contributed by atoms with van der Waals surface area (Å²) in [7, 11) is 0. The molecule has 2 saturated heterocycles. The van der Waals surface area contributed by atoms with E-state index in [0.29, 0.717) is 30.6 Å². The number of allylic oxidation sites excluding steroid dienone is 2. The van der Waals surface area contributed by atoms with Crippen molar-refractivity contribution in [2.45, 2.75) is 58.1 Å². The Hall–Kier alpha value is -1.66. The van der Waals surface area contributed by atoms with Crippen LogP contribution < -0.4 is 5.32 Å². The lowest BCUT2D eigenvalue weighted by atomic mass is 9.46. The van der Waals surface area contributed by atoms with Crippen molar-refractivity contribution in [3.05, 3.63) is 23.8 Å². The SMILES string of the molecule is C=C1CC[C@@H]2[C@]3(C)COCO[C@@H]3CC[C@@]2(C)[C@@H]1C/C=C1/C(=O)OC[C@H]1NC=O. The van der Waals surface area contributed by atoms with Gasteiger partial charge in [0.1, 0.15) is 13.4 Å². The summed E-state index contributed by atoms with van der Waals surface area (Å²) in [6.45, 7) is 10.5. The van der Waals surface area contributed by atoms with Gasteiger partial charge in [-0.25, -0.2) is 4.79 Å². The summed E-state index contributed by atoms with van der Waals surface area (Å²) in [6.07, 6.45) is 7.84. The van der Waals surface area contributed by atoms with Gasteiger partial charge in [0.05, 0.1) is 24.3 Å². The summed E-state index contributed by atoms with van der Waals surface area (Å²) in [6, 6.07) is -0.348. The van der Waals surface area contributed by atoms with Gasteiger partial charge in [-0.3, -0.25) is 4.79 Å². The van der Waals surface area contributed by atoms with Crippen LogP contribution in [0.5, 0.6) is 0 Å². The highest BCUT2D eigenvalue weighted by atomic mass is 16.7. The predicted molar refractivity (Wildman–Crippen MR) is 103 cm³/mol. The summed E-state index contributed by atoms with van der Waals surface area (Å²) in [4.78, 5) is 22.9. The molecule has 28 heavy (non-hydrogen) atoms. The molecule has 2 aliphatic carbocycles. The van der Waals surface area contributed by atoms with E-state index in [4.69, 9.17) is 14.2 Å². The molecule has 1 N–H and O–H groups in total. The Labute approximate surface area is 166 Å². The lowest BCUT2D eigenvalue weighted by Crippen LogP contribution is -2.60. The molecule has 2 heterocycles. The second-order valence-electron chi connectivity index (χ2n) is 9.30. The molecule has 0 spiro atoms. The maximum Gasteiger partial charge on any atom is 0.336 e. The second-order valence-corrected chi connectivity index (χ2v) is 9.30. The van der Waals surface area contributed by atoms with Gasteiger partial charge in [0.15, 0.2) is 0 Å². The van der Waals surface area contributed by atoms with Gasteiger partial charge >= 0.3 is 5.97 Å². The molecule has 1 amide bonds. The van der Waals surface area contributed by atoms with Gasteiger partial charge in [-0.05, 0) is 49.4 Å². The van der Waals surface area contributed by atoms with Crippen molar-refractivity contribution in [1.29, 1.82) is 0 Å². The minimum atomic E-state index is -0.348. The lowest BCUT2D eigenvalue weighted by Gasteiger charge is -2.61. The van der Waals surface area contributed by atoms with Crippen LogP contribution in [0.3, 0.4) is 0 Å². The first-order valence-electron chi connectivity index (χ1n) is 10.3. The Morgan fingerprint density at radius 2 is 2.11 bits per heavy atom. The largest absolute Gasteiger partial charge is 0.460 e. The van der Waals surface area contributed by atoms with E-state index >= 15 is 0 Å². The fourth-order valence-corrected chi connectivity index (χ4v) is 6.43. The van der Waals surface area contributed by atoms with Gasteiger partial charge in [0.2, 0.25) is 6.41 Å². The van der Waals surface area contributed by atoms with Crippen LogP contribution >= 0.6 is 0 Å². The van der Waals surface area contributed by atoms with E-state index in [9.17, 15) is 9.59 Å². The maximum atomic E-state index is 12.1. The molecule has 4 rings (SSSR count). The highest BCUT2D eigenvalue weighted by molar-refractivity contribution is 5.92. The highest BCUT2D eigenvalue weighted by Gasteiger charge is 2.59. The van der Waals surface area contributed by atoms with E-state index in [0.717, 1.165) is 38.7 Å². The lowest BCUT2D eigenvalue weighted by molar-refractivity contribution is -0.259. The Morgan fingerprint density at radius 1 is 1.29 bits per heavy atom. The van der Waals surface area contributed by atoms with E-state index in [1.54, 1.807) is 0 Å². The number of carbonyl (C=O) groups is 2. The van der Waals surface area contributed by atoms with Gasteiger partial charge in [0.25, 0.3) is 0 Å². The summed E-state index contributed by atoms with van der Waals surface area (Å²) >= 11 is 0. The highest BCUT2D eigenvalue weighted by Crippen LogP contribution is 2.62. The van der Waals surface area contributed by atoms with E-state index in [2.05, 4.69) is 25.7 Å². The normalized spacial score (nSPS) is 44.6. The smallest absolute Gasteiger partial charge is 0.336 e. The molecular weight excluding hydrogens is 358 g/mol. The third-order valence-corrected chi connectivity index (χ3v) is 7.92. The van der Waals surface area contributed by atoms with Crippen LogP contribution in [-0.2, 0) is 23.8 Å². The van der Waals surface area contributed by atoms with Crippen LogP contribution in [0.4, 0.5) is 0 Å². The standard InChI is InChI=1S/C22H31NO5/c1-14-4-7-18-21(2,9-8-19-22(18,3)11-26-13-28-19)16(14)6-5-15-17(23-12-24)10-27-20(15)25/h5,12,16-19H,1,4,6-11,13H2,2-3H3,(H,23,24)/b15-5+/t16-,17-,18+,19-,21+,22+/m1/s1. The summed E-state index contributed by atoms with van der Waals surface area (Å²) in [5.41, 5.74) is 1.94. The average molecular weight is 389 g/mol. The number of esters is 1. The Kier molecular flexibility index (Phi) is 5.12. The molecule has 0 aromatic rings. The van der Waals surface area contributed by atoms with Crippen LogP contribution in [-0.4, -0.2) is 44.5 Å². The molecule has 0 unspecified atom stereocenters. The van der Waals surface area contributed by atoms with E-state index in [1.807, 2.05) is 6.08 Å². The van der Waals surface area contributed by atoms with E-state index in [-0.39, 0.29) is 35.6 Å². The summed E-state index contributed by atoms with van der Waals surface area (Å²) in [5.74, 6) is 0.461. The van der Waals surface area contributed by atoms with E-state index in [1.165, 1.54) is 5.57 Å². The molecule has 6 atom stereocenters. The van der Waals surface area contributed by atoms with Gasteiger partial charge in [-0.2, -0.15) is 0 Å². The third-order valence-electron chi connectivity index (χ3n) is 7.92. The number of carbonyl (C=O) groups excluding carboxylic acids is 2. The summed E-state index contributed by atoms with van der Waals surface area (Å²) < 4.78 is 16.8. The number of fused-ring (bicyclic) bond motifs is 3. The topological polar surface area (TPSA) is 73.9 Å². The Bertz CT molecular complexity index is 703. The number of cyclic esters (lactones) is 1. The fraction of sp³-hybridized carbons (Fsp3) is 0.727. The first-order chi connectivity index (χ1) is 13.4. The monoisotopic (exact) mass is 389 g/mol. The molecule has 0 bridgehead atoms. The summed E-state index contributed by atoms with van der Waals surface area (Å²) in [5, 5.41) is 2.68. The number of ether oxygens (including phenoxy) is 3. The molecular formula is C22H31NO5. The molecule has 0 aromatic heterocycles. The molecule has 6 nitrogen and oxygen atoms in total. The van der Waals surface area contributed by atoms with Gasteiger partial charge in [-0.15, -0.1) is 0 Å². The molecule has 0 radical (unpaired) electrons. The molecule has 4 fully saturated rings. The average Bonchev–Trinajstić information content (AvgIpc) is 3.00. The number of rotatable bonds is 4. The van der Waals surface area contributed by atoms with Crippen molar-refractivity contribution in [3.63, 3.8) is 0 Å². The fourth-order valence-electron chi connectivity index (χ4n) is 6.43. The van der Waals surface area contributed by atoms with Crippen LogP contribution in [0.15, 0.2) is 23.8 Å². The Morgan fingerprint density at radius 3 is 2.89 bits per heavy atom. The van der Waals surface area contributed by atoms with Crippen LogP contribution in [0, 0.1) is 22.7 Å². The van der Waals surface area contributed by atoms with Crippen LogP contribution in [0.2, 0.25) is 0 Å². The van der Waals surface area contributed by atoms with E-state index < -0.39 is 0 Å². The maximum absolute atomic E-state index is 12.1.